The molecule has 1 atom stereocenters. The molecule has 0 spiro atoms. The number of hydrogen-bond acceptors (Lipinski definition) is 3. The molecular weight excluding hydrogens is 232 g/mol. The summed E-state index contributed by atoms with van der Waals surface area (Å²) < 4.78 is 5.10. The van der Waals surface area contributed by atoms with Gasteiger partial charge < -0.3 is 15.1 Å². The number of unbranched alkanes of at least 4 members (excludes halogenated alkanes) is 1. The van der Waals surface area contributed by atoms with Crippen LogP contribution in [0.5, 0.6) is 0 Å². The molecule has 0 saturated heterocycles. The fourth-order valence-corrected chi connectivity index (χ4v) is 1.46. The van der Waals surface area contributed by atoms with Crippen molar-refractivity contribution in [2.45, 2.75) is 45.7 Å². The molecule has 1 aromatic rings. The first kappa shape index (κ1) is 14.3. The fourth-order valence-electron chi connectivity index (χ4n) is 1.46. The van der Waals surface area contributed by atoms with E-state index in [1.54, 1.807) is 25.3 Å². The van der Waals surface area contributed by atoms with E-state index in [0.717, 1.165) is 12.8 Å². The van der Waals surface area contributed by atoms with Crippen molar-refractivity contribution in [2.75, 3.05) is 0 Å². The molecule has 1 aromatic heterocycles. The van der Waals surface area contributed by atoms with Crippen molar-refractivity contribution in [3.63, 3.8) is 0 Å². The van der Waals surface area contributed by atoms with Crippen molar-refractivity contribution in [3.8, 4) is 0 Å². The van der Waals surface area contributed by atoms with Gasteiger partial charge in [0, 0.05) is 6.42 Å². The summed E-state index contributed by atoms with van der Waals surface area (Å²) in [6.07, 6.45) is 3.82. The highest BCUT2D eigenvalue weighted by atomic mass is 16.3. The van der Waals surface area contributed by atoms with Crippen LogP contribution >= 0.6 is 0 Å². The Labute approximate surface area is 107 Å². The second-order valence-corrected chi connectivity index (χ2v) is 4.19. The molecule has 5 heteroatoms. The molecule has 1 unspecified atom stereocenters. The molecule has 100 valence electrons. The first-order valence-electron chi connectivity index (χ1n) is 6.23. The summed E-state index contributed by atoms with van der Waals surface area (Å²) in [5.41, 5.74) is 0. The Kier molecular flexibility index (Phi) is 5.97. The minimum absolute atomic E-state index is 0.0856. The summed E-state index contributed by atoms with van der Waals surface area (Å²) in [6, 6.07) is 3.02. The van der Waals surface area contributed by atoms with Crippen LogP contribution in [-0.2, 0) is 16.1 Å². The van der Waals surface area contributed by atoms with Crippen molar-refractivity contribution < 1.29 is 14.0 Å². The zero-order valence-corrected chi connectivity index (χ0v) is 10.9. The fraction of sp³-hybridized carbons (Fsp3) is 0.538. The van der Waals surface area contributed by atoms with Gasteiger partial charge in [0.05, 0.1) is 12.8 Å². The molecule has 0 saturated carbocycles. The predicted molar refractivity (Wildman–Crippen MR) is 67.7 cm³/mol. The highest BCUT2D eigenvalue weighted by Crippen LogP contribution is 1.99. The standard InChI is InChI=1S/C13H20N2O3/c1-3-4-7-12(16)15-10(2)13(17)14-9-11-6-5-8-18-11/h5-6,8,10H,3-4,7,9H2,1-2H3,(H,14,17)(H,15,16). The maximum atomic E-state index is 11.7. The first-order chi connectivity index (χ1) is 8.63. The van der Waals surface area contributed by atoms with Crippen LogP contribution in [-0.4, -0.2) is 17.9 Å². The van der Waals surface area contributed by atoms with Crippen LogP contribution < -0.4 is 10.6 Å². The lowest BCUT2D eigenvalue weighted by Crippen LogP contribution is -2.44. The molecule has 0 fully saturated rings. The van der Waals surface area contributed by atoms with Crippen LogP contribution in [0.15, 0.2) is 22.8 Å². The summed E-state index contributed by atoms with van der Waals surface area (Å²) in [6.45, 7) is 4.02. The van der Waals surface area contributed by atoms with E-state index in [2.05, 4.69) is 10.6 Å². The van der Waals surface area contributed by atoms with Gasteiger partial charge in [-0.2, -0.15) is 0 Å². The number of amides is 2. The Hall–Kier alpha value is -1.78. The zero-order valence-electron chi connectivity index (χ0n) is 10.9. The van der Waals surface area contributed by atoms with Crippen LogP contribution in [0, 0.1) is 0 Å². The molecular formula is C13H20N2O3. The van der Waals surface area contributed by atoms with Gasteiger partial charge >= 0.3 is 0 Å². The molecule has 2 amide bonds. The molecule has 0 aliphatic rings. The van der Waals surface area contributed by atoms with Gasteiger partial charge in [-0.25, -0.2) is 0 Å². The van der Waals surface area contributed by atoms with E-state index >= 15 is 0 Å². The maximum Gasteiger partial charge on any atom is 0.242 e. The summed E-state index contributed by atoms with van der Waals surface area (Å²) in [5, 5.41) is 5.36. The lowest BCUT2D eigenvalue weighted by atomic mass is 10.2. The Morgan fingerprint density at radius 2 is 2.22 bits per heavy atom. The number of rotatable bonds is 7. The van der Waals surface area contributed by atoms with Crippen molar-refractivity contribution in [3.05, 3.63) is 24.2 Å². The second kappa shape index (κ2) is 7.53. The van der Waals surface area contributed by atoms with Gasteiger partial charge in [-0.15, -0.1) is 0 Å². The van der Waals surface area contributed by atoms with E-state index in [4.69, 9.17) is 4.42 Å². The van der Waals surface area contributed by atoms with Gasteiger partial charge in [-0.1, -0.05) is 13.3 Å². The minimum atomic E-state index is -0.524. The summed E-state index contributed by atoms with van der Waals surface area (Å²) in [4.78, 5) is 23.1. The minimum Gasteiger partial charge on any atom is -0.467 e. The Bertz CT molecular complexity index is 374. The molecule has 0 aliphatic heterocycles. The van der Waals surface area contributed by atoms with Gasteiger partial charge in [0.1, 0.15) is 11.8 Å². The van der Waals surface area contributed by atoms with Gasteiger partial charge in [-0.05, 0) is 25.5 Å². The second-order valence-electron chi connectivity index (χ2n) is 4.19. The molecule has 0 aromatic carbocycles. The first-order valence-corrected chi connectivity index (χ1v) is 6.23. The Morgan fingerprint density at radius 1 is 1.44 bits per heavy atom. The third-order valence-corrected chi connectivity index (χ3v) is 2.55. The van der Waals surface area contributed by atoms with Crippen LogP contribution in [0.4, 0.5) is 0 Å². The van der Waals surface area contributed by atoms with Crippen molar-refractivity contribution >= 4 is 11.8 Å². The van der Waals surface area contributed by atoms with Crippen molar-refractivity contribution in [2.24, 2.45) is 0 Å². The average molecular weight is 252 g/mol. The third kappa shape index (κ3) is 5.03. The average Bonchev–Trinajstić information content (AvgIpc) is 2.86. The van der Waals surface area contributed by atoms with Crippen molar-refractivity contribution in [1.82, 2.24) is 10.6 Å². The monoisotopic (exact) mass is 252 g/mol. The quantitative estimate of drug-likeness (QED) is 0.774. The normalized spacial score (nSPS) is 11.9. The molecule has 0 aliphatic carbocycles. The van der Waals surface area contributed by atoms with E-state index in [-0.39, 0.29) is 11.8 Å². The maximum absolute atomic E-state index is 11.7. The highest BCUT2D eigenvalue weighted by molar-refractivity contribution is 5.87. The smallest absolute Gasteiger partial charge is 0.242 e. The van der Waals surface area contributed by atoms with Gasteiger partial charge in [0.25, 0.3) is 0 Å². The summed E-state index contributed by atoms with van der Waals surface area (Å²) in [7, 11) is 0. The van der Waals surface area contributed by atoms with Gasteiger partial charge in [-0.3, -0.25) is 9.59 Å². The van der Waals surface area contributed by atoms with E-state index in [9.17, 15) is 9.59 Å². The van der Waals surface area contributed by atoms with Gasteiger partial charge in [0.15, 0.2) is 0 Å². The van der Waals surface area contributed by atoms with E-state index in [1.165, 1.54) is 0 Å². The Morgan fingerprint density at radius 3 is 2.83 bits per heavy atom. The van der Waals surface area contributed by atoms with Crippen LogP contribution in [0.1, 0.15) is 38.9 Å². The molecule has 2 N–H and O–H groups in total. The Balaban J connectivity index is 2.26. The summed E-state index contributed by atoms with van der Waals surface area (Å²) in [5.74, 6) is 0.390. The number of carbonyl (C=O) groups is 2. The number of carbonyl (C=O) groups excluding carboxylic acids is 2. The summed E-state index contributed by atoms with van der Waals surface area (Å²) >= 11 is 0. The predicted octanol–water partition coefficient (Wildman–Crippen LogP) is 1.59. The highest BCUT2D eigenvalue weighted by Gasteiger charge is 2.14. The molecule has 1 rings (SSSR count). The molecule has 0 bridgehead atoms. The SMILES string of the molecule is CCCCC(=O)NC(C)C(=O)NCc1ccco1. The van der Waals surface area contributed by atoms with Gasteiger partial charge in [0.2, 0.25) is 11.8 Å². The molecule has 1 heterocycles. The molecule has 0 radical (unpaired) electrons. The lowest BCUT2D eigenvalue weighted by molar-refractivity contribution is -0.128. The molecule has 5 nitrogen and oxygen atoms in total. The van der Waals surface area contributed by atoms with Crippen LogP contribution in [0.2, 0.25) is 0 Å². The largest absolute Gasteiger partial charge is 0.467 e. The number of hydrogen-bond donors (Lipinski definition) is 2. The number of furan rings is 1. The van der Waals surface area contributed by atoms with Crippen molar-refractivity contribution in [1.29, 1.82) is 0 Å². The third-order valence-electron chi connectivity index (χ3n) is 2.55. The lowest BCUT2D eigenvalue weighted by Gasteiger charge is -2.13. The van der Waals surface area contributed by atoms with E-state index in [0.29, 0.717) is 18.7 Å². The van der Waals surface area contributed by atoms with Crippen LogP contribution in [0.3, 0.4) is 0 Å². The van der Waals surface area contributed by atoms with Crippen LogP contribution in [0.25, 0.3) is 0 Å². The van der Waals surface area contributed by atoms with E-state index < -0.39 is 6.04 Å². The van der Waals surface area contributed by atoms with E-state index in [1.807, 2.05) is 6.92 Å². The molecule has 18 heavy (non-hydrogen) atoms. The number of nitrogens with one attached hydrogen (secondary N) is 2. The topological polar surface area (TPSA) is 71.3 Å². The zero-order chi connectivity index (χ0) is 13.4.